The minimum Gasteiger partial charge on any atom is -0.447 e. The number of carbonyl (C=O) groups excluding carboxylic acids is 2. The molecule has 1 fully saturated rings. The van der Waals surface area contributed by atoms with Crippen molar-refractivity contribution in [1.82, 2.24) is 10.0 Å². The van der Waals surface area contributed by atoms with Crippen molar-refractivity contribution in [2.24, 2.45) is 0 Å². The van der Waals surface area contributed by atoms with E-state index in [1.165, 1.54) is 29.2 Å². The van der Waals surface area contributed by atoms with E-state index in [4.69, 9.17) is 4.74 Å². The molecule has 0 aromatic heterocycles. The molecule has 0 bridgehead atoms. The lowest BCUT2D eigenvalue weighted by Gasteiger charge is -2.14. The number of nitrogens with one attached hydrogen (secondary N) is 2. The molecule has 1 saturated heterocycles. The first-order valence-electron chi connectivity index (χ1n) is 9.20. The first-order chi connectivity index (χ1) is 13.8. The summed E-state index contributed by atoms with van der Waals surface area (Å²) in [5, 5.41) is 2.80. The van der Waals surface area contributed by atoms with Gasteiger partial charge in [0.15, 0.2) is 0 Å². The molecule has 1 heterocycles. The van der Waals surface area contributed by atoms with Gasteiger partial charge in [0.1, 0.15) is 6.61 Å². The molecule has 2 N–H and O–H groups in total. The summed E-state index contributed by atoms with van der Waals surface area (Å²) in [5.74, 6) is -0.322. The monoisotopic (exact) mass is 417 g/mol. The molecule has 0 spiro atoms. The standard InChI is InChI=1S/C20H23N3O5S/c1-14(2)22-29(26,27)18-8-6-16(7-9-18)19(24)21-13-15-4-3-5-17(12-15)23-10-11-28-20(23)25/h3-9,12,14,22H,10-11,13H2,1-2H3,(H,21,24). The summed E-state index contributed by atoms with van der Waals surface area (Å²) in [7, 11) is -3.60. The number of carbonyl (C=O) groups is 2. The molecule has 0 aliphatic carbocycles. The van der Waals surface area contributed by atoms with Gasteiger partial charge in [-0.15, -0.1) is 0 Å². The smallest absolute Gasteiger partial charge is 0.414 e. The van der Waals surface area contributed by atoms with Gasteiger partial charge in [-0.3, -0.25) is 9.69 Å². The fraction of sp³-hybridized carbons (Fsp3) is 0.300. The molecule has 0 atom stereocenters. The summed E-state index contributed by atoms with van der Waals surface area (Å²) < 4.78 is 31.7. The van der Waals surface area contributed by atoms with E-state index in [0.717, 1.165) is 5.56 Å². The summed E-state index contributed by atoms with van der Waals surface area (Å²) in [6.07, 6.45) is -0.381. The van der Waals surface area contributed by atoms with Crippen LogP contribution < -0.4 is 14.9 Å². The lowest BCUT2D eigenvalue weighted by atomic mass is 10.1. The number of ether oxygens (including phenoxy) is 1. The number of hydrogen-bond acceptors (Lipinski definition) is 5. The van der Waals surface area contributed by atoms with Crippen LogP contribution in [0.3, 0.4) is 0 Å². The fourth-order valence-electron chi connectivity index (χ4n) is 2.91. The minimum atomic E-state index is -3.60. The van der Waals surface area contributed by atoms with Crippen molar-refractivity contribution in [3.8, 4) is 0 Å². The van der Waals surface area contributed by atoms with Crippen molar-refractivity contribution < 1.29 is 22.7 Å². The average molecular weight is 417 g/mol. The number of hydrogen-bond donors (Lipinski definition) is 2. The van der Waals surface area contributed by atoms with Crippen LogP contribution in [0.1, 0.15) is 29.8 Å². The summed E-state index contributed by atoms with van der Waals surface area (Å²) in [5.41, 5.74) is 1.90. The van der Waals surface area contributed by atoms with Crippen LogP contribution >= 0.6 is 0 Å². The molecule has 2 amide bonds. The predicted molar refractivity (Wildman–Crippen MR) is 108 cm³/mol. The number of rotatable bonds is 7. The lowest BCUT2D eigenvalue weighted by Crippen LogP contribution is -2.30. The second-order valence-electron chi connectivity index (χ2n) is 6.92. The molecule has 154 valence electrons. The van der Waals surface area contributed by atoms with Gasteiger partial charge in [-0.25, -0.2) is 17.9 Å². The van der Waals surface area contributed by atoms with Crippen molar-refractivity contribution in [1.29, 1.82) is 0 Å². The Balaban J connectivity index is 1.63. The van der Waals surface area contributed by atoms with E-state index in [1.807, 2.05) is 24.3 Å². The van der Waals surface area contributed by atoms with Crippen molar-refractivity contribution >= 4 is 27.7 Å². The van der Waals surface area contributed by atoms with Crippen LogP contribution in [0, 0.1) is 0 Å². The number of benzene rings is 2. The van der Waals surface area contributed by atoms with E-state index in [9.17, 15) is 18.0 Å². The van der Waals surface area contributed by atoms with Gasteiger partial charge >= 0.3 is 6.09 Å². The normalized spacial score (nSPS) is 14.2. The van der Waals surface area contributed by atoms with E-state index in [2.05, 4.69) is 10.0 Å². The molecule has 0 radical (unpaired) electrons. The molecule has 1 aliphatic heterocycles. The Labute approximate surface area is 169 Å². The summed E-state index contributed by atoms with van der Waals surface area (Å²) >= 11 is 0. The Morgan fingerprint density at radius 2 is 1.90 bits per heavy atom. The van der Waals surface area contributed by atoms with Crippen molar-refractivity contribution in [3.63, 3.8) is 0 Å². The van der Waals surface area contributed by atoms with E-state index >= 15 is 0 Å². The zero-order valence-electron chi connectivity index (χ0n) is 16.2. The summed E-state index contributed by atoms with van der Waals surface area (Å²) in [6.45, 7) is 4.60. The van der Waals surface area contributed by atoms with Gasteiger partial charge in [-0.05, 0) is 55.8 Å². The highest BCUT2D eigenvalue weighted by molar-refractivity contribution is 7.89. The fourth-order valence-corrected chi connectivity index (χ4v) is 4.16. The Morgan fingerprint density at radius 3 is 2.52 bits per heavy atom. The Morgan fingerprint density at radius 1 is 1.17 bits per heavy atom. The first-order valence-corrected chi connectivity index (χ1v) is 10.7. The third-order valence-electron chi connectivity index (χ3n) is 4.25. The van der Waals surface area contributed by atoms with E-state index in [0.29, 0.717) is 24.4 Å². The predicted octanol–water partition coefficient (Wildman–Crippen LogP) is 2.26. The Hall–Kier alpha value is -2.91. The molecule has 9 heteroatoms. The largest absolute Gasteiger partial charge is 0.447 e. The molecule has 0 unspecified atom stereocenters. The quantitative estimate of drug-likeness (QED) is 0.719. The number of sulfonamides is 1. The third kappa shape index (κ3) is 5.12. The van der Waals surface area contributed by atoms with Gasteiger partial charge in [0.25, 0.3) is 5.91 Å². The highest BCUT2D eigenvalue weighted by Crippen LogP contribution is 2.20. The molecule has 1 aliphatic rings. The van der Waals surface area contributed by atoms with Crippen molar-refractivity contribution in [2.75, 3.05) is 18.1 Å². The zero-order valence-corrected chi connectivity index (χ0v) is 17.0. The molecule has 2 aromatic carbocycles. The number of nitrogens with zero attached hydrogens (tertiary/aromatic N) is 1. The van der Waals surface area contributed by atoms with Gasteiger partial charge in [0.05, 0.1) is 11.4 Å². The molecular weight excluding hydrogens is 394 g/mol. The van der Waals surface area contributed by atoms with E-state index in [1.54, 1.807) is 13.8 Å². The molecule has 3 rings (SSSR count). The van der Waals surface area contributed by atoms with Crippen LogP contribution in [-0.2, 0) is 21.3 Å². The van der Waals surface area contributed by atoms with Crippen LogP contribution in [0.2, 0.25) is 0 Å². The second kappa shape index (κ2) is 8.62. The van der Waals surface area contributed by atoms with E-state index < -0.39 is 10.0 Å². The van der Waals surface area contributed by atoms with Crippen molar-refractivity contribution in [2.45, 2.75) is 31.3 Å². The summed E-state index contributed by atoms with van der Waals surface area (Å²) in [4.78, 5) is 25.7. The highest BCUT2D eigenvalue weighted by atomic mass is 32.2. The molecule has 8 nitrogen and oxygen atoms in total. The minimum absolute atomic E-state index is 0.105. The van der Waals surface area contributed by atoms with E-state index in [-0.39, 0.29) is 29.5 Å². The number of anilines is 1. The molecule has 2 aromatic rings. The summed E-state index contributed by atoms with van der Waals surface area (Å²) in [6, 6.07) is 12.8. The molecular formula is C20H23N3O5S. The Kier molecular flexibility index (Phi) is 6.19. The van der Waals surface area contributed by atoms with Gasteiger partial charge in [0.2, 0.25) is 10.0 Å². The van der Waals surface area contributed by atoms with Crippen LogP contribution in [0.4, 0.5) is 10.5 Å². The van der Waals surface area contributed by atoms with Gasteiger partial charge in [0, 0.05) is 23.8 Å². The Bertz CT molecular complexity index is 1000. The second-order valence-corrected chi connectivity index (χ2v) is 8.63. The third-order valence-corrected chi connectivity index (χ3v) is 5.93. The lowest BCUT2D eigenvalue weighted by molar-refractivity contribution is 0.0950. The highest BCUT2D eigenvalue weighted by Gasteiger charge is 2.23. The van der Waals surface area contributed by atoms with Gasteiger partial charge < -0.3 is 10.1 Å². The van der Waals surface area contributed by atoms with Gasteiger partial charge in [-0.2, -0.15) is 0 Å². The molecule has 29 heavy (non-hydrogen) atoms. The van der Waals surface area contributed by atoms with Crippen LogP contribution in [-0.4, -0.2) is 39.6 Å². The molecule has 0 saturated carbocycles. The maximum atomic E-state index is 12.4. The zero-order chi connectivity index (χ0) is 21.0. The first kappa shape index (κ1) is 20.8. The number of cyclic esters (lactones) is 1. The topological polar surface area (TPSA) is 105 Å². The maximum absolute atomic E-state index is 12.4. The maximum Gasteiger partial charge on any atom is 0.414 e. The van der Waals surface area contributed by atoms with Crippen LogP contribution in [0.5, 0.6) is 0 Å². The van der Waals surface area contributed by atoms with Crippen LogP contribution in [0.15, 0.2) is 53.4 Å². The van der Waals surface area contributed by atoms with Crippen molar-refractivity contribution in [3.05, 3.63) is 59.7 Å². The SMILES string of the molecule is CC(C)NS(=O)(=O)c1ccc(C(=O)NCc2cccc(N3CCOC3=O)c2)cc1. The average Bonchev–Trinajstić information content (AvgIpc) is 3.11. The number of amides is 2. The van der Waals surface area contributed by atoms with Gasteiger partial charge in [-0.1, -0.05) is 12.1 Å². The van der Waals surface area contributed by atoms with Crippen LogP contribution in [0.25, 0.3) is 0 Å².